The van der Waals surface area contributed by atoms with Crippen molar-refractivity contribution < 1.29 is 35.1 Å². The first-order valence-electron chi connectivity index (χ1n) is 9.53. The number of phosphoric ester groups is 1. The second-order valence-corrected chi connectivity index (χ2v) is 8.12. The number of aliphatic hydroxyl groups excluding tert-OH is 1. The number of aliphatic hydroxyl groups is 1. The Labute approximate surface area is 166 Å². The summed E-state index contributed by atoms with van der Waals surface area (Å²) in [7, 11) is -4.59. The van der Waals surface area contributed by atoms with Crippen molar-refractivity contribution in [2.75, 3.05) is 6.56 Å². The lowest BCUT2D eigenvalue weighted by atomic mass is 10.2. The van der Waals surface area contributed by atoms with Gasteiger partial charge in [0.25, 0.3) is 5.56 Å². The standard InChI is InChI=1S/C17H18FN2O8P/c1-10-7-20(16(23)19-14(10)22)15-12(21)6-17(18,27-15)9-26-29(24)25-8-11-4-2-3-5-13(11)28-29/h2-5,7,12,15,21H,6,8-9H2,1H3,(H,19,22,23)/t12-,15-,17+,29?/m1/s1/i9D2. The van der Waals surface area contributed by atoms with Crippen molar-refractivity contribution in [3.8, 4) is 5.75 Å². The van der Waals surface area contributed by atoms with E-state index in [0.717, 1.165) is 10.8 Å². The van der Waals surface area contributed by atoms with Gasteiger partial charge in [0.15, 0.2) is 6.23 Å². The zero-order valence-corrected chi connectivity index (χ0v) is 15.9. The van der Waals surface area contributed by atoms with E-state index < -0.39 is 50.2 Å². The summed E-state index contributed by atoms with van der Waals surface area (Å²) in [6.45, 7) is -2.26. The Balaban J connectivity index is 1.59. The Kier molecular flexibility index (Phi) is 4.35. The molecule has 10 nitrogen and oxygen atoms in total. The Morgan fingerprint density at radius 1 is 1.48 bits per heavy atom. The third-order valence-electron chi connectivity index (χ3n) is 4.40. The van der Waals surface area contributed by atoms with Gasteiger partial charge in [0.2, 0.25) is 5.85 Å². The molecule has 3 heterocycles. The molecule has 2 aliphatic heterocycles. The number of aromatic amines is 1. The summed E-state index contributed by atoms with van der Waals surface area (Å²) in [6, 6.07) is 6.37. The number of para-hydroxylation sites is 1. The minimum absolute atomic E-state index is 0.0816. The summed E-state index contributed by atoms with van der Waals surface area (Å²) < 4.78 is 65.0. The predicted octanol–water partition coefficient (Wildman–Crippen LogP) is 1.52. The van der Waals surface area contributed by atoms with Gasteiger partial charge in [0, 0.05) is 23.7 Å². The van der Waals surface area contributed by atoms with Crippen molar-refractivity contribution in [3.05, 3.63) is 62.4 Å². The second-order valence-electron chi connectivity index (χ2n) is 6.60. The maximum Gasteiger partial charge on any atom is 0.530 e. The van der Waals surface area contributed by atoms with Crippen molar-refractivity contribution in [2.45, 2.75) is 38.1 Å². The van der Waals surface area contributed by atoms with Gasteiger partial charge in [-0.05, 0) is 13.0 Å². The van der Waals surface area contributed by atoms with E-state index in [-0.39, 0.29) is 17.9 Å². The molecule has 2 aromatic rings. The molecule has 2 aliphatic rings. The van der Waals surface area contributed by atoms with Crippen LogP contribution in [0, 0.1) is 6.92 Å². The lowest BCUT2D eigenvalue weighted by Gasteiger charge is -2.27. The van der Waals surface area contributed by atoms with Crippen LogP contribution >= 0.6 is 7.82 Å². The van der Waals surface area contributed by atoms with E-state index in [1.807, 2.05) is 4.98 Å². The minimum Gasteiger partial charge on any atom is -0.404 e. The second kappa shape index (κ2) is 7.19. The van der Waals surface area contributed by atoms with Crippen LogP contribution in [0.5, 0.6) is 5.75 Å². The van der Waals surface area contributed by atoms with Crippen LogP contribution in [-0.4, -0.2) is 33.2 Å². The van der Waals surface area contributed by atoms with Crippen molar-refractivity contribution >= 4 is 7.82 Å². The number of halogens is 1. The average molecular weight is 430 g/mol. The van der Waals surface area contributed by atoms with E-state index in [9.17, 15) is 19.3 Å². The molecule has 0 amide bonds. The number of aryl methyl sites for hydroxylation is 1. The highest BCUT2D eigenvalue weighted by atomic mass is 31.2. The van der Waals surface area contributed by atoms with Gasteiger partial charge in [-0.1, -0.05) is 18.2 Å². The molecular weight excluding hydrogens is 410 g/mol. The topological polar surface area (TPSA) is 129 Å². The number of hydrogen-bond acceptors (Lipinski definition) is 8. The number of nitrogens with zero attached hydrogens (tertiary/aromatic N) is 1. The maximum atomic E-state index is 15.5. The van der Waals surface area contributed by atoms with E-state index >= 15 is 4.39 Å². The zero-order valence-electron chi connectivity index (χ0n) is 17.0. The molecule has 29 heavy (non-hydrogen) atoms. The molecule has 2 N–H and O–H groups in total. The largest absolute Gasteiger partial charge is 0.530 e. The first-order chi connectivity index (χ1) is 14.4. The molecule has 0 spiro atoms. The lowest BCUT2D eigenvalue weighted by molar-refractivity contribution is -0.179. The van der Waals surface area contributed by atoms with E-state index in [0.29, 0.717) is 5.56 Å². The SMILES string of the molecule is [2H]C([2H])(OP1(=O)OCc2ccccc2O1)[C@]1(F)C[C@@H](O)[C@H](n2cc(C)c(=O)[nH]c2=O)O1. The molecule has 0 saturated carbocycles. The number of H-pyrrole nitrogens is 1. The number of fused-ring (bicyclic) bond motifs is 1. The van der Waals surface area contributed by atoms with E-state index in [1.165, 1.54) is 13.0 Å². The van der Waals surface area contributed by atoms with Crippen LogP contribution in [0.2, 0.25) is 0 Å². The quantitative estimate of drug-likeness (QED) is 0.699. The Morgan fingerprint density at radius 3 is 3.03 bits per heavy atom. The molecule has 0 bridgehead atoms. The normalized spacial score (nSPS) is 32.8. The minimum atomic E-state index is -4.59. The first kappa shape index (κ1) is 17.5. The fourth-order valence-corrected chi connectivity index (χ4v) is 4.05. The van der Waals surface area contributed by atoms with E-state index in [4.69, 9.17) is 21.0 Å². The molecule has 0 aliphatic carbocycles. The molecular formula is C17H18FN2O8P. The molecule has 1 unspecified atom stereocenters. The predicted molar refractivity (Wildman–Crippen MR) is 96.1 cm³/mol. The van der Waals surface area contributed by atoms with Crippen LogP contribution in [0.15, 0.2) is 40.1 Å². The molecule has 1 fully saturated rings. The highest BCUT2D eigenvalue weighted by molar-refractivity contribution is 7.49. The number of benzene rings is 1. The smallest absolute Gasteiger partial charge is 0.404 e. The number of alkyl halides is 1. The Bertz CT molecular complexity index is 1190. The van der Waals surface area contributed by atoms with E-state index in [1.54, 1.807) is 18.2 Å². The summed E-state index contributed by atoms with van der Waals surface area (Å²) in [5.74, 6) is -3.21. The van der Waals surface area contributed by atoms with Gasteiger partial charge in [-0.2, -0.15) is 0 Å². The summed E-state index contributed by atoms with van der Waals surface area (Å²) in [6.07, 6.45) is -3.29. The number of nitrogens with one attached hydrogen (secondary N) is 1. The van der Waals surface area contributed by atoms with Crippen LogP contribution in [-0.2, 0) is 25.0 Å². The maximum absolute atomic E-state index is 15.5. The van der Waals surface area contributed by atoms with Crippen LogP contribution in [0.25, 0.3) is 0 Å². The molecule has 0 radical (unpaired) electrons. The van der Waals surface area contributed by atoms with Gasteiger partial charge in [-0.15, -0.1) is 0 Å². The molecule has 12 heteroatoms. The Morgan fingerprint density at radius 2 is 2.24 bits per heavy atom. The van der Waals surface area contributed by atoms with Gasteiger partial charge >= 0.3 is 13.5 Å². The fourth-order valence-electron chi connectivity index (χ4n) is 2.95. The number of hydrogen-bond donors (Lipinski definition) is 2. The van der Waals surface area contributed by atoms with Gasteiger partial charge in [-0.25, -0.2) is 13.8 Å². The summed E-state index contributed by atoms with van der Waals surface area (Å²) in [5.41, 5.74) is -1.05. The summed E-state index contributed by atoms with van der Waals surface area (Å²) >= 11 is 0. The number of aromatic nitrogens is 2. The van der Waals surface area contributed by atoms with Gasteiger partial charge in [-0.3, -0.25) is 23.4 Å². The number of phosphoric acid groups is 1. The average Bonchev–Trinajstić information content (AvgIpc) is 3.00. The highest BCUT2D eigenvalue weighted by Gasteiger charge is 2.50. The Hall–Kier alpha value is -2.30. The van der Waals surface area contributed by atoms with Crippen molar-refractivity contribution in [2.24, 2.45) is 0 Å². The molecule has 156 valence electrons. The molecule has 1 aromatic carbocycles. The molecule has 1 aromatic heterocycles. The molecule has 4 atom stereocenters. The van der Waals surface area contributed by atoms with Crippen molar-refractivity contribution in [1.82, 2.24) is 9.55 Å². The van der Waals surface area contributed by atoms with Gasteiger partial charge in [0.05, 0.1) is 9.35 Å². The highest BCUT2D eigenvalue weighted by Crippen LogP contribution is 2.55. The monoisotopic (exact) mass is 430 g/mol. The van der Waals surface area contributed by atoms with Crippen molar-refractivity contribution in [1.29, 1.82) is 0 Å². The van der Waals surface area contributed by atoms with Crippen LogP contribution in [0.1, 0.15) is 26.5 Å². The number of rotatable bonds is 4. The van der Waals surface area contributed by atoms with Gasteiger partial charge in [0.1, 0.15) is 18.4 Å². The van der Waals surface area contributed by atoms with Crippen LogP contribution in [0.3, 0.4) is 0 Å². The zero-order chi connectivity index (χ0) is 22.6. The molecule has 1 saturated heterocycles. The molecule has 4 rings (SSSR count). The first-order valence-corrected chi connectivity index (χ1v) is 9.99. The fraction of sp³-hybridized carbons (Fsp3) is 0.412. The van der Waals surface area contributed by atoms with Crippen LogP contribution < -0.4 is 15.8 Å². The van der Waals surface area contributed by atoms with E-state index in [2.05, 4.69) is 0 Å². The lowest BCUT2D eigenvalue weighted by Crippen LogP contribution is -2.37. The van der Waals surface area contributed by atoms with Gasteiger partial charge < -0.3 is 14.4 Å². The van der Waals surface area contributed by atoms with Crippen LogP contribution in [0.4, 0.5) is 4.39 Å². The number of ether oxygens (including phenoxy) is 1. The summed E-state index contributed by atoms with van der Waals surface area (Å²) in [4.78, 5) is 25.6. The third-order valence-corrected chi connectivity index (χ3v) is 5.58. The summed E-state index contributed by atoms with van der Waals surface area (Å²) in [5, 5.41) is 10.3. The third kappa shape index (κ3) is 3.92. The van der Waals surface area contributed by atoms with Crippen molar-refractivity contribution in [3.63, 3.8) is 0 Å².